The molecule has 4 atom stereocenters. The van der Waals surface area contributed by atoms with Gasteiger partial charge in [-0.1, -0.05) is 66.2 Å². The SMILES string of the molecule is O=C(OC[C@H]1O[C@@H](n2cnc3c(Cl)ncc(F)c32)[C@H](OC(=O)c2ccccc2)[C@@H]1OC(=O)c1ccccc1)c1ccccc1. The van der Waals surface area contributed by atoms with Crippen molar-refractivity contribution in [3.63, 3.8) is 0 Å². The molecule has 10 nitrogen and oxygen atoms in total. The first kappa shape index (κ1) is 29.0. The molecule has 2 aromatic heterocycles. The molecule has 1 aliphatic heterocycles. The zero-order valence-corrected chi connectivity index (χ0v) is 23.5. The Hall–Kier alpha value is -5.13. The Balaban J connectivity index is 1.39. The van der Waals surface area contributed by atoms with E-state index in [0.29, 0.717) is 0 Å². The number of rotatable bonds is 8. The van der Waals surface area contributed by atoms with Gasteiger partial charge in [0.2, 0.25) is 0 Å². The molecular weight excluding hydrogens is 593 g/mol. The molecule has 222 valence electrons. The van der Waals surface area contributed by atoms with Gasteiger partial charge in [-0.3, -0.25) is 4.57 Å². The maximum Gasteiger partial charge on any atom is 0.338 e. The molecule has 0 saturated carbocycles. The van der Waals surface area contributed by atoms with Crippen LogP contribution >= 0.6 is 11.6 Å². The minimum Gasteiger partial charge on any atom is -0.459 e. The molecule has 5 aromatic rings. The van der Waals surface area contributed by atoms with Gasteiger partial charge < -0.3 is 18.9 Å². The van der Waals surface area contributed by atoms with E-state index in [1.54, 1.807) is 91.0 Å². The number of fused-ring (bicyclic) bond motifs is 1. The number of pyridine rings is 1. The van der Waals surface area contributed by atoms with Gasteiger partial charge in [0, 0.05) is 0 Å². The molecule has 3 aromatic carbocycles. The van der Waals surface area contributed by atoms with Crippen LogP contribution in [0.3, 0.4) is 0 Å². The zero-order chi connectivity index (χ0) is 30.6. The number of imidazole rings is 1. The summed E-state index contributed by atoms with van der Waals surface area (Å²) in [6, 6.07) is 24.6. The Labute approximate surface area is 254 Å². The Kier molecular flexibility index (Phi) is 8.31. The number of benzene rings is 3. The average molecular weight is 616 g/mol. The highest BCUT2D eigenvalue weighted by atomic mass is 35.5. The summed E-state index contributed by atoms with van der Waals surface area (Å²) in [6.07, 6.45) is -2.90. The second-order valence-corrected chi connectivity index (χ2v) is 10.1. The normalized spacial score (nSPS) is 19.4. The molecule has 0 spiro atoms. The molecule has 1 aliphatic rings. The van der Waals surface area contributed by atoms with E-state index < -0.39 is 54.9 Å². The highest BCUT2D eigenvalue weighted by Crippen LogP contribution is 2.38. The van der Waals surface area contributed by atoms with Crippen molar-refractivity contribution in [3.8, 4) is 0 Å². The largest absolute Gasteiger partial charge is 0.459 e. The molecule has 1 fully saturated rings. The third-order valence-corrected chi connectivity index (χ3v) is 7.24. The molecule has 0 aliphatic carbocycles. The first-order valence-corrected chi connectivity index (χ1v) is 13.8. The number of carbonyl (C=O) groups excluding carboxylic acids is 3. The molecule has 0 N–H and O–H groups in total. The van der Waals surface area contributed by atoms with E-state index in [4.69, 9.17) is 30.5 Å². The van der Waals surface area contributed by atoms with Crippen LogP contribution in [0.1, 0.15) is 37.3 Å². The van der Waals surface area contributed by atoms with Crippen LogP contribution in [0.5, 0.6) is 0 Å². The first-order chi connectivity index (χ1) is 21.4. The first-order valence-electron chi connectivity index (χ1n) is 13.5. The molecule has 6 rings (SSSR count). The van der Waals surface area contributed by atoms with E-state index >= 15 is 4.39 Å². The molecule has 0 unspecified atom stereocenters. The van der Waals surface area contributed by atoms with E-state index in [1.807, 2.05) is 0 Å². The van der Waals surface area contributed by atoms with Crippen LogP contribution in [0.15, 0.2) is 104 Å². The summed E-state index contributed by atoms with van der Waals surface area (Å²) in [5, 5.41) is -0.0589. The summed E-state index contributed by atoms with van der Waals surface area (Å²) in [5.41, 5.74) is 0.691. The van der Waals surface area contributed by atoms with Crippen LogP contribution in [0.2, 0.25) is 5.15 Å². The topological polar surface area (TPSA) is 119 Å². The highest BCUT2D eigenvalue weighted by molar-refractivity contribution is 6.33. The lowest BCUT2D eigenvalue weighted by atomic mass is 10.1. The lowest BCUT2D eigenvalue weighted by molar-refractivity contribution is -0.0605. The second kappa shape index (κ2) is 12.6. The molecule has 0 bridgehead atoms. The maximum absolute atomic E-state index is 15.1. The van der Waals surface area contributed by atoms with Crippen molar-refractivity contribution >= 4 is 40.5 Å². The second-order valence-electron chi connectivity index (χ2n) is 9.75. The van der Waals surface area contributed by atoms with Gasteiger partial charge in [0.15, 0.2) is 29.4 Å². The van der Waals surface area contributed by atoms with Gasteiger partial charge in [-0.15, -0.1) is 0 Å². The fourth-order valence-electron chi connectivity index (χ4n) is 4.86. The van der Waals surface area contributed by atoms with Gasteiger partial charge in [-0.05, 0) is 36.4 Å². The van der Waals surface area contributed by atoms with Gasteiger partial charge >= 0.3 is 17.9 Å². The van der Waals surface area contributed by atoms with Crippen LogP contribution in [-0.2, 0) is 18.9 Å². The monoisotopic (exact) mass is 615 g/mol. The van der Waals surface area contributed by atoms with E-state index in [9.17, 15) is 14.4 Å². The number of nitrogens with zero attached hydrogens (tertiary/aromatic N) is 3. The van der Waals surface area contributed by atoms with Crippen molar-refractivity contribution < 1.29 is 37.7 Å². The van der Waals surface area contributed by atoms with Crippen molar-refractivity contribution in [1.29, 1.82) is 0 Å². The lowest BCUT2D eigenvalue weighted by Gasteiger charge is -2.25. The summed E-state index contributed by atoms with van der Waals surface area (Å²) in [4.78, 5) is 47.4. The number of halogens is 2. The molecule has 1 saturated heterocycles. The van der Waals surface area contributed by atoms with E-state index in [2.05, 4.69) is 9.97 Å². The predicted octanol–water partition coefficient (Wildman–Crippen LogP) is 5.43. The minimum absolute atomic E-state index is 0.0418. The molecule has 0 amide bonds. The molecule has 3 heterocycles. The Morgan fingerprint density at radius 2 is 1.30 bits per heavy atom. The van der Waals surface area contributed by atoms with Crippen LogP contribution in [0.25, 0.3) is 11.0 Å². The molecule has 0 radical (unpaired) electrons. The van der Waals surface area contributed by atoms with Crippen LogP contribution in [0, 0.1) is 5.82 Å². The number of esters is 3. The predicted molar refractivity (Wildman–Crippen MR) is 154 cm³/mol. The van der Waals surface area contributed by atoms with Gasteiger partial charge in [0.1, 0.15) is 23.7 Å². The number of aromatic nitrogens is 3. The summed E-state index contributed by atoms with van der Waals surface area (Å²) in [5.74, 6) is -2.92. The quantitative estimate of drug-likeness (QED) is 0.128. The van der Waals surface area contributed by atoms with Crippen molar-refractivity contribution in [2.24, 2.45) is 0 Å². The average Bonchev–Trinajstić information content (AvgIpc) is 3.65. The fourth-order valence-corrected chi connectivity index (χ4v) is 5.05. The van der Waals surface area contributed by atoms with Crippen molar-refractivity contribution in [2.45, 2.75) is 24.5 Å². The molecule has 12 heteroatoms. The van der Waals surface area contributed by atoms with Gasteiger partial charge in [-0.2, -0.15) is 0 Å². The van der Waals surface area contributed by atoms with Gasteiger partial charge in [0.25, 0.3) is 0 Å². The third kappa shape index (κ3) is 5.87. The van der Waals surface area contributed by atoms with Crippen molar-refractivity contribution in [2.75, 3.05) is 6.61 Å². The van der Waals surface area contributed by atoms with Crippen molar-refractivity contribution in [3.05, 3.63) is 131 Å². The Morgan fingerprint density at radius 3 is 1.86 bits per heavy atom. The number of carbonyl (C=O) groups is 3. The minimum atomic E-state index is -1.35. The van der Waals surface area contributed by atoms with Gasteiger partial charge in [0.05, 0.1) is 29.2 Å². The summed E-state index contributed by atoms with van der Waals surface area (Å²) < 4.78 is 40.0. The molecule has 44 heavy (non-hydrogen) atoms. The molecular formula is C32H23ClFN3O7. The summed E-state index contributed by atoms with van der Waals surface area (Å²) in [6.45, 7) is -0.395. The Bertz CT molecular complexity index is 1800. The lowest BCUT2D eigenvalue weighted by Crippen LogP contribution is -2.41. The zero-order valence-electron chi connectivity index (χ0n) is 22.8. The van der Waals surface area contributed by atoms with Crippen LogP contribution < -0.4 is 0 Å². The smallest absolute Gasteiger partial charge is 0.338 e. The number of hydrogen-bond donors (Lipinski definition) is 0. The van der Waals surface area contributed by atoms with Crippen LogP contribution in [0.4, 0.5) is 4.39 Å². The standard InChI is InChI=1S/C32H23ClFN3O7/c33-28-24-25(22(34)16-35-28)37(18-36-24)29-27(44-32(40)21-14-8-3-9-15-21)26(43-31(39)20-12-6-2-7-13-20)23(42-29)17-41-30(38)19-10-4-1-5-11-19/h1-16,18,23,26-27,29H,17H2/t23-,26-,27-,29-/m1/s1. The fraction of sp³-hybridized carbons (Fsp3) is 0.156. The number of hydrogen-bond acceptors (Lipinski definition) is 9. The summed E-state index contributed by atoms with van der Waals surface area (Å²) >= 11 is 6.18. The van der Waals surface area contributed by atoms with E-state index in [-0.39, 0.29) is 32.9 Å². The van der Waals surface area contributed by atoms with Crippen molar-refractivity contribution in [1.82, 2.24) is 14.5 Å². The summed E-state index contributed by atoms with van der Waals surface area (Å²) in [7, 11) is 0. The Morgan fingerprint density at radius 1 is 0.773 bits per heavy atom. The van der Waals surface area contributed by atoms with Crippen LogP contribution in [-0.4, -0.2) is 57.4 Å². The third-order valence-electron chi connectivity index (χ3n) is 6.96. The van der Waals surface area contributed by atoms with E-state index in [1.165, 1.54) is 10.9 Å². The van der Waals surface area contributed by atoms with Gasteiger partial charge in [-0.25, -0.2) is 28.7 Å². The highest BCUT2D eigenvalue weighted by Gasteiger charge is 2.52. The van der Waals surface area contributed by atoms with E-state index in [0.717, 1.165) is 6.20 Å². The number of ether oxygens (including phenoxy) is 4. The maximum atomic E-state index is 15.1.